The van der Waals surface area contributed by atoms with Crippen LogP contribution in [0.15, 0.2) is 42.7 Å². The van der Waals surface area contributed by atoms with E-state index in [9.17, 15) is 19.5 Å². The second-order valence-corrected chi connectivity index (χ2v) is 14.1. The molecule has 0 bridgehead atoms. The van der Waals surface area contributed by atoms with E-state index in [-0.39, 0.29) is 54.2 Å². The molecule has 3 unspecified atom stereocenters. The predicted molar refractivity (Wildman–Crippen MR) is 174 cm³/mol. The monoisotopic (exact) mass is 636 g/mol. The van der Waals surface area contributed by atoms with Gasteiger partial charge in [-0.2, -0.15) is 5.10 Å². The molecule has 3 saturated heterocycles. The smallest absolute Gasteiger partial charge is 0.410 e. The first kappa shape index (κ1) is 33.9. The van der Waals surface area contributed by atoms with Gasteiger partial charge in [-0.15, -0.1) is 0 Å². The average Bonchev–Trinajstić information content (AvgIpc) is 3.58. The van der Waals surface area contributed by atoms with Gasteiger partial charge in [0.05, 0.1) is 12.3 Å². The Labute approximate surface area is 273 Å². The number of aliphatic hydroxyl groups is 1. The SMILES string of the molecule is CCCCN1C(=O)[C@@H]([C@H](O)C(C)C)NC(=O)C12CCN(C(c1cn[nH]c1)C1C(C)CN(C(=O)OCc3ccccc3)CC1C)CC2. The van der Waals surface area contributed by atoms with Gasteiger partial charge in [-0.3, -0.25) is 19.6 Å². The maximum atomic E-state index is 13.9. The van der Waals surface area contributed by atoms with E-state index in [1.165, 1.54) is 0 Å². The number of amides is 3. The van der Waals surface area contributed by atoms with Crippen molar-refractivity contribution in [1.82, 2.24) is 30.2 Å². The van der Waals surface area contributed by atoms with Gasteiger partial charge < -0.3 is 25.0 Å². The molecule has 3 aliphatic heterocycles. The molecule has 1 spiro atoms. The molecule has 46 heavy (non-hydrogen) atoms. The Hall–Kier alpha value is -3.44. The van der Waals surface area contributed by atoms with Crippen LogP contribution < -0.4 is 5.32 Å². The third-order valence-electron chi connectivity index (χ3n) is 10.6. The lowest BCUT2D eigenvalue weighted by atomic mass is 9.71. The van der Waals surface area contributed by atoms with Crippen LogP contribution in [0.3, 0.4) is 0 Å². The van der Waals surface area contributed by atoms with Crippen LogP contribution in [0.4, 0.5) is 4.79 Å². The summed E-state index contributed by atoms with van der Waals surface area (Å²) in [6.45, 7) is 13.4. The van der Waals surface area contributed by atoms with Gasteiger partial charge in [0.2, 0.25) is 11.8 Å². The van der Waals surface area contributed by atoms with Crippen LogP contribution in [-0.2, 0) is 20.9 Å². The zero-order valence-electron chi connectivity index (χ0n) is 28.0. The van der Waals surface area contributed by atoms with Crippen molar-refractivity contribution in [3.05, 3.63) is 53.9 Å². The first-order valence-corrected chi connectivity index (χ1v) is 17.1. The Kier molecular flexibility index (Phi) is 10.7. The van der Waals surface area contributed by atoms with Crippen molar-refractivity contribution >= 4 is 17.9 Å². The average molecular weight is 637 g/mol. The molecule has 1 aromatic carbocycles. The molecule has 5 atom stereocenters. The number of unbranched alkanes of at least 4 members (excludes halogenated alkanes) is 1. The van der Waals surface area contributed by atoms with Gasteiger partial charge in [0, 0.05) is 50.5 Å². The van der Waals surface area contributed by atoms with E-state index in [4.69, 9.17) is 4.74 Å². The zero-order valence-corrected chi connectivity index (χ0v) is 28.0. The molecule has 11 nitrogen and oxygen atoms in total. The van der Waals surface area contributed by atoms with E-state index in [0.29, 0.717) is 45.6 Å². The molecule has 11 heteroatoms. The Morgan fingerprint density at radius 2 is 1.78 bits per heavy atom. The summed E-state index contributed by atoms with van der Waals surface area (Å²) < 4.78 is 5.68. The van der Waals surface area contributed by atoms with Crippen molar-refractivity contribution in [2.45, 2.75) is 90.6 Å². The molecule has 3 fully saturated rings. The van der Waals surface area contributed by atoms with E-state index in [1.807, 2.05) is 61.5 Å². The molecule has 252 valence electrons. The van der Waals surface area contributed by atoms with Crippen LogP contribution in [-0.4, -0.2) is 98.3 Å². The highest BCUT2D eigenvalue weighted by atomic mass is 16.6. The van der Waals surface area contributed by atoms with Crippen LogP contribution in [0, 0.1) is 23.7 Å². The molecule has 0 aliphatic carbocycles. The number of piperidine rings is 2. The van der Waals surface area contributed by atoms with Gasteiger partial charge in [-0.05, 0) is 48.5 Å². The number of carbonyl (C=O) groups is 3. The van der Waals surface area contributed by atoms with Gasteiger partial charge >= 0.3 is 6.09 Å². The molecule has 0 saturated carbocycles. The Bertz CT molecular complexity index is 1300. The first-order valence-electron chi connectivity index (χ1n) is 17.1. The Balaban J connectivity index is 1.31. The minimum Gasteiger partial charge on any atom is -0.445 e. The maximum Gasteiger partial charge on any atom is 0.410 e. The molecule has 0 radical (unpaired) electrons. The van der Waals surface area contributed by atoms with Crippen LogP contribution in [0.1, 0.15) is 77.5 Å². The van der Waals surface area contributed by atoms with Crippen molar-refractivity contribution in [3.63, 3.8) is 0 Å². The number of aromatic amines is 1. The Morgan fingerprint density at radius 3 is 2.37 bits per heavy atom. The topological polar surface area (TPSA) is 131 Å². The second-order valence-electron chi connectivity index (χ2n) is 14.1. The number of aromatic nitrogens is 2. The fraction of sp³-hybridized carbons (Fsp3) is 0.657. The fourth-order valence-corrected chi connectivity index (χ4v) is 8.02. The zero-order chi connectivity index (χ0) is 33.0. The predicted octanol–water partition coefficient (Wildman–Crippen LogP) is 3.97. The number of benzene rings is 1. The molecule has 3 aliphatic rings. The number of nitrogens with one attached hydrogen (secondary N) is 2. The molecule has 4 heterocycles. The van der Waals surface area contributed by atoms with Crippen LogP contribution in [0.2, 0.25) is 0 Å². The van der Waals surface area contributed by atoms with Gasteiger partial charge in [0.25, 0.3) is 0 Å². The van der Waals surface area contributed by atoms with Gasteiger partial charge in [0.1, 0.15) is 18.2 Å². The third-order valence-corrected chi connectivity index (χ3v) is 10.6. The number of aliphatic hydroxyl groups excluding tert-OH is 1. The van der Waals surface area contributed by atoms with Crippen molar-refractivity contribution in [2.75, 3.05) is 32.7 Å². The standard InChI is InChI=1S/C35H52N6O5/c1-6-7-15-41-32(43)29(31(42)23(2)3)38-33(44)35(41)13-16-39(17-14-35)30(27-18-36-37-19-27)28-24(4)20-40(21-25(28)5)34(45)46-22-26-11-9-8-10-12-26/h8-12,18-19,23-25,28-31,42H,6-7,13-17,20-22H2,1-5H3,(H,36,37)(H,38,44)/t24?,25?,28?,29-,30?,31-/m1/s1. The van der Waals surface area contributed by atoms with E-state index >= 15 is 0 Å². The maximum absolute atomic E-state index is 13.9. The number of piperazine rings is 1. The largest absolute Gasteiger partial charge is 0.445 e. The molecule has 5 rings (SSSR count). The first-order chi connectivity index (χ1) is 22.1. The minimum absolute atomic E-state index is 0.0329. The number of carbonyl (C=O) groups excluding carboxylic acids is 3. The van der Waals surface area contributed by atoms with Crippen LogP contribution >= 0.6 is 0 Å². The lowest BCUT2D eigenvalue weighted by Crippen LogP contribution is -2.75. The number of hydrogen-bond acceptors (Lipinski definition) is 7. The number of rotatable bonds is 10. The van der Waals surface area contributed by atoms with E-state index in [0.717, 1.165) is 24.0 Å². The number of likely N-dealkylation sites (tertiary alicyclic amines) is 2. The lowest BCUT2D eigenvalue weighted by molar-refractivity contribution is -0.166. The van der Waals surface area contributed by atoms with Crippen molar-refractivity contribution in [2.24, 2.45) is 23.7 Å². The summed E-state index contributed by atoms with van der Waals surface area (Å²) in [5.74, 6) is 0.105. The normalized spacial score (nSPS) is 26.7. The van der Waals surface area contributed by atoms with Gasteiger partial charge in [-0.25, -0.2) is 4.79 Å². The molecule has 1 aromatic heterocycles. The summed E-state index contributed by atoms with van der Waals surface area (Å²) >= 11 is 0. The van der Waals surface area contributed by atoms with Crippen LogP contribution in [0.25, 0.3) is 0 Å². The molecule has 2 aromatic rings. The lowest BCUT2D eigenvalue weighted by Gasteiger charge is -2.54. The third kappa shape index (κ3) is 6.81. The van der Waals surface area contributed by atoms with Crippen molar-refractivity contribution in [1.29, 1.82) is 0 Å². The summed E-state index contributed by atoms with van der Waals surface area (Å²) in [6.07, 6.45) is 5.35. The molecule has 3 amide bonds. The fourth-order valence-electron chi connectivity index (χ4n) is 8.02. The molecular formula is C35H52N6O5. The number of hydrogen-bond donors (Lipinski definition) is 3. The number of H-pyrrole nitrogens is 1. The highest BCUT2D eigenvalue weighted by Crippen LogP contribution is 2.44. The van der Waals surface area contributed by atoms with Gasteiger partial charge in [-0.1, -0.05) is 71.4 Å². The summed E-state index contributed by atoms with van der Waals surface area (Å²) in [5.41, 5.74) is 1.12. The quantitative estimate of drug-likeness (QED) is 0.360. The van der Waals surface area contributed by atoms with E-state index in [1.54, 1.807) is 4.90 Å². The van der Waals surface area contributed by atoms with Gasteiger partial charge in [0.15, 0.2) is 0 Å². The highest BCUT2D eigenvalue weighted by Gasteiger charge is 2.56. The van der Waals surface area contributed by atoms with E-state index < -0.39 is 17.7 Å². The number of nitrogens with zero attached hydrogens (tertiary/aromatic N) is 4. The van der Waals surface area contributed by atoms with Crippen LogP contribution in [0.5, 0.6) is 0 Å². The van der Waals surface area contributed by atoms with E-state index in [2.05, 4.69) is 41.2 Å². The van der Waals surface area contributed by atoms with Crippen molar-refractivity contribution in [3.8, 4) is 0 Å². The number of ether oxygens (including phenoxy) is 1. The second kappa shape index (κ2) is 14.5. The summed E-state index contributed by atoms with van der Waals surface area (Å²) in [6, 6.07) is 8.83. The highest BCUT2D eigenvalue weighted by molar-refractivity contribution is 6.00. The van der Waals surface area contributed by atoms with Crippen molar-refractivity contribution < 1.29 is 24.2 Å². The summed E-state index contributed by atoms with van der Waals surface area (Å²) in [4.78, 5) is 46.9. The summed E-state index contributed by atoms with van der Waals surface area (Å²) in [5, 5.41) is 21.0. The Morgan fingerprint density at radius 1 is 1.11 bits per heavy atom. The molecule has 3 N–H and O–H groups in total. The molecular weight excluding hydrogens is 584 g/mol. The minimum atomic E-state index is -0.937. The summed E-state index contributed by atoms with van der Waals surface area (Å²) in [7, 11) is 0.